The molecule has 1 rings (SSSR count). The second-order valence-corrected chi connectivity index (χ2v) is 5.22. The first-order valence-electron chi connectivity index (χ1n) is 5.67. The minimum absolute atomic E-state index is 0.0194. The van der Waals surface area contributed by atoms with Gasteiger partial charge in [-0.3, -0.25) is 9.69 Å². The largest absolute Gasteiger partial charge is 0.468 e. The van der Waals surface area contributed by atoms with E-state index in [1.54, 1.807) is 6.26 Å². The van der Waals surface area contributed by atoms with Crippen LogP contribution in [-0.4, -0.2) is 36.3 Å². The summed E-state index contributed by atoms with van der Waals surface area (Å²) in [7, 11) is 3.93. The maximum Gasteiger partial charge on any atom is 0.233 e. The number of halogens is 1. The van der Waals surface area contributed by atoms with Crippen molar-refractivity contribution in [3.8, 4) is 0 Å². The number of furan rings is 1. The van der Waals surface area contributed by atoms with Crippen LogP contribution in [0.15, 0.2) is 22.8 Å². The molecule has 0 saturated heterocycles. The van der Waals surface area contributed by atoms with Crippen LogP contribution in [0, 0.1) is 0 Å². The zero-order valence-electron chi connectivity index (χ0n) is 10.4. The molecule has 0 fully saturated rings. The summed E-state index contributed by atoms with van der Waals surface area (Å²) in [4.78, 5) is 13.6. The highest BCUT2D eigenvalue weighted by molar-refractivity contribution is 9.10. The van der Waals surface area contributed by atoms with Crippen LogP contribution >= 0.6 is 15.9 Å². The Kier molecular flexibility index (Phi) is 5.71. The van der Waals surface area contributed by atoms with E-state index in [-0.39, 0.29) is 16.8 Å². The van der Waals surface area contributed by atoms with Gasteiger partial charge in [0.15, 0.2) is 0 Å². The van der Waals surface area contributed by atoms with E-state index in [1.807, 2.05) is 38.1 Å². The van der Waals surface area contributed by atoms with Crippen molar-refractivity contribution < 1.29 is 9.21 Å². The molecule has 1 N–H and O–H groups in total. The Bertz CT molecular complexity index is 338. The number of hydrogen-bond acceptors (Lipinski definition) is 3. The lowest BCUT2D eigenvalue weighted by Gasteiger charge is -2.23. The van der Waals surface area contributed by atoms with E-state index in [1.165, 1.54) is 0 Å². The molecule has 1 aromatic heterocycles. The van der Waals surface area contributed by atoms with Crippen molar-refractivity contribution in [1.82, 2.24) is 10.2 Å². The minimum atomic E-state index is -0.123. The molecular formula is C12H19BrN2O2. The molecule has 2 atom stereocenters. The van der Waals surface area contributed by atoms with Gasteiger partial charge in [0.05, 0.1) is 17.1 Å². The highest BCUT2D eigenvalue weighted by Crippen LogP contribution is 2.17. The maximum absolute atomic E-state index is 11.7. The summed E-state index contributed by atoms with van der Waals surface area (Å²) in [6.07, 6.45) is 2.42. The van der Waals surface area contributed by atoms with Crippen LogP contribution in [0.4, 0.5) is 0 Å². The summed E-state index contributed by atoms with van der Waals surface area (Å²) in [5.41, 5.74) is 0. The van der Waals surface area contributed by atoms with Gasteiger partial charge in [-0.1, -0.05) is 22.9 Å². The van der Waals surface area contributed by atoms with E-state index >= 15 is 0 Å². The smallest absolute Gasteiger partial charge is 0.233 e. The topological polar surface area (TPSA) is 45.5 Å². The van der Waals surface area contributed by atoms with Gasteiger partial charge in [0.1, 0.15) is 5.76 Å². The molecule has 1 aromatic rings. The molecule has 0 aliphatic carbocycles. The summed E-state index contributed by atoms with van der Waals surface area (Å²) in [5.74, 6) is 0.879. The second-order valence-electron chi connectivity index (χ2n) is 4.12. The molecule has 0 aromatic carbocycles. The van der Waals surface area contributed by atoms with Crippen LogP contribution in [0.3, 0.4) is 0 Å². The summed E-state index contributed by atoms with van der Waals surface area (Å²) >= 11 is 3.33. The van der Waals surface area contributed by atoms with Crippen LogP contribution in [0.5, 0.6) is 0 Å². The molecule has 1 amide bonds. The average molecular weight is 303 g/mol. The van der Waals surface area contributed by atoms with Gasteiger partial charge in [-0.05, 0) is 32.6 Å². The van der Waals surface area contributed by atoms with Crippen molar-refractivity contribution in [3.05, 3.63) is 24.2 Å². The number of alkyl halides is 1. The van der Waals surface area contributed by atoms with Gasteiger partial charge in [-0.15, -0.1) is 0 Å². The van der Waals surface area contributed by atoms with Gasteiger partial charge in [0, 0.05) is 6.54 Å². The fraction of sp³-hybridized carbons (Fsp3) is 0.583. The predicted molar refractivity (Wildman–Crippen MR) is 71.2 cm³/mol. The molecule has 96 valence electrons. The molecule has 1 heterocycles. The van der Waals surface area contributed by atoms with E-state index in [0.717, 1.165) is 12.2 Å². The van der Waals surface area contributed by atoms with Crippen molar-refractivity contribution in [1.29, 1.82) is 0 Å². The fourth-order valence-electron chi connectivity index (χ4n) is 1.51. The van der Waals surface area contributed by atoms with Crippen LogP contribution in [-0.2, 0) is 4.79 Å². The molecule has 0 radical (unpaired) electrons. The van der Waals surface area contributed by atoms with Gasteiger partial charge in [-0.25, -0.2) is 0 Å². The lowest BCUT2D eigenvalue weighted by molar-refractivity contribution is -0.120. The average Bonchev–Trinajstić information content (AvgIpc) is 2.81. The zero-order valence-corrected chi connectivity index (χ0v) is 12.0. The van der Waals surface area contributed by atoms with Crippen molar-refractivity contribution >= 4 is 21.8 Å². The molecule has 0 aliphatic heterocycles. The summed E-state index contributed by atoms with van der Waals surface area (Å²) in [6.45, 7) is 2.51. The number of nitrogens with one attached hydrogen (secondary N) is 1. The van der Waals surface area contributed by atoms with E-state index in [9.17, 15) is 4.79 Å². The van der Waals surface area contributed by atoms with Crippen molar-refractivity contribution in [2.75, 3.05) is 20.6 Å². The summed E-state index contributed by atoms with van der Waals surface area (Å²) in [6, 6.07) is 3.83. The number of likely N-dealkylation sites (N-methyl/N-ethyl adjacent to an activating group) is 1. The van der Waals surface area contributed by atoms with Crippen LogP contribution in [0.25, 0.3) is 0 Å². The van der Waals surface area contributed by atoms with Crippen molar-refractivity contribution in [3.63, 3.8) is 0 Å². The number of hydrogen-bond donors (Lipinski definition) is 1. The summed E-state index contributed by atoms with van der Waals surface area (Å²) in [5, 5.41) is 2.92. The molecule has 17 heavy (non-hydrogen) atoms. The molecule has 2 unspecified atom stereocenters. The molecule has 0 aliphatic rings. The minimum Gasteiger partial charge on any atom is -0.468 e. The predicted octanol–water partition coefficient (Wildman–Crippen LogP) is 2.17. The van der Waals surface area contributed by atoms with Gasteiger partial charge >= 0.3 is 0 Å². The Morgan fingerprint density at radius 3 is 2.76 bits per heavy atom. The number of carbonyl (C=O) groups is 1. The highest BCUT2D eigenvalue weighted by Gasteiger charge is 2.19. The van der Waals surface area contributed by atoms with E-state index < -0.39 is 0 Å². The Morgan fingerprint density at radius 2 is 2.29 bits per heavy atom. The first kappa shape index (κ1) is 14.3. The first-order chi connectivity index (χ1) is 8.06. The third-order valence-electron chi connectivity index (χ3n) is 2.61. The van der Waals surface area contributed by atoms with Gasteiger partial charge in [0.25, 0.3) is 0 Å². The van der Waals surface area contributed by atoms with Crippen molar-refractivity contribution in [2.45, 2.75) is 24.2 Å². The van der Waals surface area contributed by atoms with Crippen molar-refractivity contribution in [2.24, 2.45) is 0 Å². The molecule has 0 saturated carbocycles. The van der Waals surface area contributed by atoms with Crippen LogP contribution in [0.1, 0.15) is 25.1 Å². The number of nitrogens with zero attached hydrogens (tertiary/aromatic N) is 1. The SMILES string of the molecule is CCC(Br)C(=O)NCC(c1ccco1)N(C)C. The monoisotopic (exact) mass is 302 g/mol. The van der Waals surface area contributed by atoms with Gasteiger partial charge < -0.3 is 9.73 Å². The van der Waals surface area contributed by atoms with E-state index in [2.05, 4.69) is 21.2 Å². The molecule has 5 heteroatoms. The fourth-order valence-corrected chi connectivity index (χ4v) is 1.67. The lowest BCUT2D eigenvalue weighted by Crippen LogP contribution is -2.37. The molecule has 0 spiro atoms. The first-order valence-corrected chi connectivity index (χ1v) is 6.59. The van der Waals surface area contributed by atoms with Gasteiger partial charge in [-0.2, -0.15) is 0 Å². The van der Waals surface area contributed by atoms with E-state index in [4.69, 9.17) is 4.42 Å². The Hall–Kier alpha value is -0.810. The number of rotatable bonds is 6. The van der Waals surface area contributed by atoms with Gasteiger partial charge in [0.2, 0.25) is 5.91 Å². The number of amides is 1. The Labute approximate surface area is 110 Å². The standard InChI is InChI=1S/C12H19BrN2O2/c1-4-9(13)12(16)14-8-10(15(2)3)11-6-5-7-17-11/h5-7,9-10H,4,8H2,1-3H3,(H,14,16). The number of carbonyl (C=O) groups excluding carboxylic acids is 1. The zero-order chi connectivity index (χ0) is 12.8. The highest BCUT2D eigenvalue weighted by atomic mass is 79.9. The molecular weight excluding hydrogens is 284 g/mol. The normalized spacial score (nSPS) is 14.6. The Balaban J connectivity index is 2.55. The van der Waals surface area contributed by atoms with E-state index in [0.29, 0.717) is 6.54 Å². The second kappa shape index (κ2) is 6.81. The van der Waals surface area contributed by atoms with Crippen LogP contribution < -0.4 is 5.32 Å². The Morgan fingerprint density at radius 1 is 1.59 bits per heavy atom. The quantitative estimate of drug-likeness (QED) is 0.819. The molecule has 0 bridgehead atoms. The molecule has 4 nitrogen and oxygen atoms in total. The lowest BCUT2D eigenvalue weighted by atomic mass is 10.2. The summed E-state index contributed by atoms with van der Waals surface area (Å²) < 4.78 is 5.37. The maximum atomic E-state index is 11.7. The van der Waals surface area contributed by atoms with Crippen LogP contribution in [0.2, 0.25) is 0 Å². The third-order valence-corrected chi connectivity index (χ3v) is 3.67. The third kappa shape index (κ3) is 4.16.